The second kappa shape index (κ2) is 6.37. The first-order valence-corrected chi connectivity index (χ1v) is 5.96. The number of primary amides is 1. The van der Waals surface area contributed by atoms with Gasteiger partial charge in [0.05, 0.1) is 5.41 Å². The highest BCUT2D eigenvalue weighted by atomic mass is 16.5. The van der Waals surface area contributed by atoms with E-state index in [1.807, 2.05) is 0 Å². The van der Waals surface area contributed by atoms with Crippen molar-refractivity contribution in [2.45, 2.75) is 12.8 Å². The Balaban J connectivity index is 2.54. The molecule has 1 heterocycles. The number of hydrogen-bond acceptors (Lipinski definition) is 4. The molecule has 0 saturated carbocycles. The molecule has 1 fully saturated rings. The minimum Gasteiger partial charge on any atom is -0.481 e. The monoisotopic (exact) mass is 273 g/mol. The van der Waals surface area contributed by atoms with Crippen molar-refractivity contribution in [3.8, 4) is 0 Å². The van der Waals surface area contributed by atoms with E-state index in [4.69, 9.17) is 10.5 Å². The number of carbonyl (C=O) groups is 3. The summed E-state index contributed by atoms with van der Waals surface area (Å²) in [7, 11) is 1.41. The fourth-order valence-electron chi connectivity index (χ4n) is 1.91. The van der Waals surface area contributed by atoms with Crippen molar-refractivity contribution >= 4 is 17.9 Å². The second-order valence-electron chi connectivity index (χ2n) is 4.68. The van der Waals surface area contributed by atoms with Crippen LogP contribution in [-0.4, -0.2) is 61.3 Å². The molecule has 1 saturated heterocycles. The SMILES string of the molecule is CN(CC(N)=O)C(=O)NCC1(C(=O)O)CCOCC1. The van der Waals surface area contributed by atoms with Gasteiger partial charge >= 0.3 is 12.0 Å². The van der Waals surface area contributed by atoms with Crippen LogP contribution in [0.2, 0.25) is 0 Å². The van der Waals surface area contributed by atoms with Crippen molar-refractivity contribution in [1.29, 1.82) is 0 Å². The summed E-state index contributed by atoms with van der Waals surface area (Å²) in [5.41, 5.74) is 3.97. The van der Waals surface area contributed by atoms with Gasteiger partial charge < -0.3 is 25.8 Å². The molecule has 1 aliphatic rings. The van der Waals surface area contributed by atoms with Crippen molar-refractivity contribution in [1.82, 2.24) is 10.2 Å². The van der Waals surface area contributed by atoms with Gasteiger partial charge in [0.2, 0.25) is 5.91 Å². The summed E-state index contributed by atoms with van der Waals surface area (Å²) in [5.74, 6) is -1.58. The van der Waals surface area contributed by atoms with Crippen LogP contribution in [0, 0.1) is 5.41 Å². The van der Waals surface area contributed by atoms with Crippen LogP contribution >= 0.6 is 0 Å². The smallest absolute Gasteiger partial charge is 0.317 e. The number of aliphatic carboxylic acids is 1. The molecule has 0 atom stereocenters. The van der Waals surface area contributed by atoms with Crippen LogP contribution in [0.1, 0.15) is 12.8 Å². The number of carboxylic acids is 1. The first-order chi connectivity index (χ1) is 8.87. The van der Waals surface area contributed by atoms with E-state index in [1.165, 1.54) is 7.05 Å². The molecule has 4 N–H and O–H groups in total. The molecular weight excluding hydrogens is 254 g/mol. The minimum atomic E-state index is -0.999. The molecule has 19 heavy (non-hydrogen) atoms. The molecule has 0 aromatic rings. The number of carbonyl (C=O) groups excluding carboxylic acids is 2. The molecule has 0 spiro atoms. The van der Waals surface area contributed by atoms with E-state index < -0.39 is 23.3 Å². The van der Waals surface area contributed by atoms with Crippen LogP contribution in [0.15, 0.2) is 0 Å². The minimum absolute atomic E-state index is 0.00757. The van der Waals surface area contributed by atoms with Crippen LogP contribution in [0.4, 0.5) is 4.79 Å². The number of likely N-dealkylation sites (N-methyl/N-ethyl adjacent to an activating group) is 1. The maximum absolute atomic E-state index is 11.7. The number of nitrogens with zero attached hydrogens (tertiary/aromatic N) is 1. The van der Waals surface area contributed by atoms with Gasteiger partial charge in [-0.3, -0.25) is 9.59 Å². The zero-order chi connectivity index (χ0) is 14.5. The van der Waals surface area contributed by atoms with E-state index in [-0.39, 0.29) is 13.1 Å². The van der Waals surface area contributed by atoms with Crippen LogP contribution in [0.25, 0.3) is 0 Å². The lowest BCUT2D eigenvalue weighted by atomic mass is 9.80. The zero-order valence-corrected chi connectivity index (χ0v) is 10.8. The summed E-state index contributed by atoms with van der Waals surface area (Å²) < 4.78 is 5.13. The summed E-state index contributed by atoms with van der Waals surface area (Å²) >= 11 is 0. The van der Waals surface area contributed by atoms with Crippen molar-refractivity contribution in [3.05, 3.63) is 0 Å². The Kier molecular flexibility index (Phi) is 5.11. The number of nitrogens with one attached hydrogen (secondary N) is 1. The molecule has 1 rings (SSSR count). The lowest BCUT2D eigenvalue weighted by molar-refractivity contribution is -0.154. The third kappa shape index (κ3) is 4.09. The lowest BCUT2D eigenvalue weighted by Crippen LogP contribution is -2.50. The van der Waals surface area contributed by atoms with E-state index in [9.17, 15) is 19.5 Å². The Morgan fingerprint density at radius 1 is 1.37 bits per heavy atom. The van der Waals surface area contributed by atoms with Crippen molar-refractivity contribution < 1.29 is 24.2 Å². The van der Waals surface area contributed by atoms with Crippen LogP contribution < -0.4 is 11.1 Å². The summed E-state index contributed by atoms with van der Waals surface area (Å²) in [6, 6.07) is -0.522. The number of ether oxygens (including phenoxy) is 1. The number of carboxylic acid groups (broad SMARTS) is 1. The summed E-state index contributed by atoms with van der Waals surface area (Å²) in [6.07, 6.45) is 0.699. The highest BCUT2D eigenvalue weighted by Gasteiger charge is 2.40. The van der Waals surface area contributed by atoms with Crippen LogP contribution in [-0.2, 0) is 14.3 Å². The predicted octanol–water partition coefficient (Wildman–Crippen LogP) is -1.01. The fraction of sp³-hybridized carbons (Fsp3) is 0.727. The van der Waals surface area contributed by atoms with Gasteiger partial charge in [0.25, 0.3) is 0 Å². The molecule has 0 unspecified atom stereocenters. The summed E-state index contributed by atoms with van der Waals surface area (Å²) in [6.45, 7) is 0.515. The lowest BCUT2D eigenvalue weighted by Gasteiger charge is -2.33. The highest BCUT2D eigenvalue weighted by molar-refractivity contribution is 5.83. The average molecular weight is 273 g/mol. The van der Waals surface area contributed by atoms with Gasteiger partial charge in [-0.25, -0.2) is 4.79 Å². The molecule has 0 aliphatic carbocycles. The molecule has 0 radical (unpaired) electrons. The first-order valence-electron chi connectivity index (χ1n) is 5.96. The zero-order valence-electron chi connectivity index (χ0n) is 10.8. The van der Waals surface area contributed by atoms with E-state index in [0.29, 0.717) is 26.1 Å². The van der Waals surface area contributed by atoms with Crippen LogP contribution in [0.3, 0.4) is 0 Å². The van der Waals surface area contributed by atoms with Crippen LogP contribution in [0.5, 0.6) is 0 Å². The van der Waals surface area contributed by atoms with Crippen molar-refractivity contribution in [3.63, 3.8) is 0 Å². The Bertz CT molecular complexity index is 365. The van der Waals surface area contributed by atoms with Gasteiger partial charge in [-0.15, -0.1) is 0 Å². The molecule has 8 heteroatoms. The quantitative estimate of drug-likeness (QED) is 0.592. The van der Waals surface area contributed by atoms with Crippen molar-refractivity contribution in [2.75, 3.05) is 33.4 Å². The Labute approximate surface area is 110 Å². The number of hydrogen-bond donors (Lipinski definition) is 3. The van der Waals surface area contributed by atoms with Gasteiger partial charge in [-0.1, -0.05) is 0 Å². The third-order valence-electron chi connectivity index (χ3n) is 3.22. The van der Waals surface area contributed by atoms with Gasteiger partial charge in [0, 0.05) is 26.8 Å². The molecule has 0 aromatic carbocycles. The van der Waals surface area contributed by atoms with Gasteiger partial charge in [-0.2, -0.15) is 0 Å². The second-order valence-corrected chi connectivity index (χ2v) is 4.68. The fourth-order valence-corrected chi connectivity index (χ4v) is 1.91. The van der Waals surface area contributed by atoms with E-state index >= 15 is 0 Å². The topological polar surface area (TPSA) is 122 Å². The Hall–Kier alpha value is -1.83. The van der Waals surface area contributed by atoms with Gasteiger partial charge in [0.15, 0.2) is 0 Å². The third-order valence-corrected chi connectivity index (χ3v) is 3.22. The molecule has 8 nitrogen and oxygen atoms in total. The molecule has 0 bridgehead atoms. The predicted molar refractivity (Wildman–Crippen MR) is 65.3 cm³/mol. The largest absolute Gasteiger partial charge is 0.481 e. The average Bonchev–Trinajstić information content (AvgIpc) is 2.36. The number of rotatable bonds is 5. The summed E-state index contributed by atoms with van der Waals surface area (Å²) in [4.78, 5) is 34.8. The molecule has 0 aromatic heterocycles. The summed E-state index contributed by atoms with van der Waals surface area (Å²) in [5, 5.41) is 11.8. The number of urea groups is 1. The molecule has 1 aliphatic heterocycles. The molecule has 3 amide bonds. The maximum atomic E-state index is 11.7. The van der Waals surface area contributed by atoms with E-state index in [0.717, 1.165) is 4.90 Å². The first kappa shape index (κ1) is 15.2. The molecular formula is C11H19N3O5. The number of nitrogens with two attached hydrogens (primary N) is 1. The Morgan fingerprint density at radius 2 is 1.95 bits per heavy atom. The van der Waals surface area contributed by atoms with E-state index in [2.05, 4.69) is 5.32 Å². The van der Waals surface area contributed by atoms with E-state index in [1.54, 1.807) is 0 Å². The normalized spacial score (nSPS) is 17.5. The van der Waals surface area contributed by atoms with Crippen molar-refractivity contribution in [2.24, 2.45) is 11.1 Å². The highest BCUT2D eigenvalue weighted by Crippen LogP contribution is 2.30. The maximum Gasteiger partial charge on any atom is 0.317 e. The molecule has 108 valence electrons. The number of amides is 3. The Morgan fingerprint density at radius 3 is 2.42 bits per heavy atom. The van der Waals surface area contributed by atoms with Gasteiger partial charge in [-0.05, 0) is 12.8 Å². The van der Waals surface area contributed by atoms with Gasteiger partial charge in [0.1, 0.15) is 6.54 Å². The standard InChI is InChI=1S/C11H19N3O5/c1-14(6-8(12)15)10(18)13-7-11(9(16)17)2-4-19-5-3-11/h2-7H2,1H3,(H2,12,15)(H,13,18)(H,16,17).